The number of esters is 1. The Hall–Kier alpha value is -1.55. The van der Waals surface area contributed by atoms with Crippen molar-refractivity contribution in [2.75, 3.05) is 6.61 Å². The van der Waals surface area contributed by atoms with Crippen molar-refractivity contribution < 1.29 is 9.53 Å². The second-order valence-electron chi connectivity index (χ2n) is 4.58. The summed E-state index contributed by atoms with van der Waals surface area (Å²) in [7, 11) is 0. The van der Waals surface area contributed by atoms with E-state index in [0.29, 0.717) is 12.2 Å². The summed E-state index contributed by atoms with van der Waals surface area (Å²) in [5, 5.41) is 1.13. The standard InChI is InChI=1S/C16H18BrNO2/c1-4-18-10-12(8-11(3)16(19)20-5-2)14-9-13(17)6-7-15(14)18/h6-10H,4-5H2,1-3H3. The number of aromatic nitrogens is 1. The predicted molar refractivity (Wildman–Crippen MR) is 85.6 cm³/mol. The molecule has 0 radical (unpaired) electrons. The Morgan fingerprint density at radius 1 is 1.40 bits per heavy atom. The summed E-state index contributed by atoms with van der Waals surface area (Å²) in [4.78, 5) is 11.7. The Morgan fingerprint density at radius 2 is 2.15 bits per heavy atom. The van der Waals surface area contributed by atoms with E-state index in [9.17, 15) is 4.79 Å². The molecule has 0 aliphatic carbocycles. The number of carbonyl (C=O) groups excluding carboxylic acids is 1. The molecule has 0 aliphatic heterocycles. The zero-order valence-electron chi connectivity index (χ0n) is 11.9. The fourth-order valence-electron chi connectivity index (χ4n) is 2.21. The van der Waals surface area contributed by atoms with Crippen LogP contribution in [0.1, 0.15) is 26.3 Å². The molecule has 1 aromatic carbocycles. The van der Waals surface area contributed by atoms with Crippen LogP contribution >= 0.6 is 15.9 Å². The van der Waals surface area contributed by atoms with Crippen LogP contribution in [0, 0.1) is 0 Å². The highest BCUT2D eigenvalue weighted by Crippen LogP contribution is 2.27. The number of fused-ring (bicyclic) bond motifs is 1. The molecule has 0 bridgehead atoms. The van der Waals surface area contributed by atoms with Gasteiger partial charge in [-0.1, -0.05) is 15.9 Å². The van der Waals surface area contributed by atoms with Gasteiger partial charge in [-0.05, 0) is 45.0 Å². The van der Waals surface area contributed by atoms with E-state index in [1.54, 1.807) is 6.92 Å². The summed E-state index contributed by atoms with van der Waals surface area (Å²) >= 11 is 3.50. The number of hydrogen-bond acceptors (Lipinski definition) is 2. The summed E-state index contributed by atoms with van der Waals surface area (Å²) in [5.74, 6) is -0.264. The Labute approximate surface area is 127 Å². The summed E-state index contributed by atoms with van der Waals surface area (Å²) in [5.41, 5.74) is 2.81. The molecule has 0 spiro atoms. The minimum Gasteiger partial charge on any atom is -0.463 e. The highest BCUT2D eigenvalue weighted by Gasteiger charge is 2.10. The van der Waals surface area contributed by atoms with Gasteiger partial charge in [0.1, 0.15) is 0 Å². The molecule has 4 heteroatoms. The van der Waals surface area contributed by atoms with Crippen LogP contribution in [0.4, 0.5) is 0 Å². The predicted octanol–water partition coefficient (Wildman–Crippen LogP) is 4.39. The first kappa shape index (κ1) is 14.9. The maximum absolute atomic E-state index is 11.7. The van der Waals surface area contributed by atoms with Gasteiger partial charge in [0.25, 0.3) is 0 Å². The average molecular weight is 336 g/mol. The van der Waals surface area contributed by atoms with Crippen LogP contribution in [0.2, 0.25) is 0 Å². The van der Waals surface area contributed by atoms with Gasteiger partial charge in [0.05, 0.1) is 6.61 Å². The van der Waals surface area contributed by atoms with Gasteiger partial charge >= 0.3 is 5.97 Å². The second kappa shape index (κ2) is 6.27. The summed E-state index contributed by atoms with van der Waals surface area (Å²) in [6.45, 7) is 6.99. The zero-order chi connectivity index (χ0) is 14.7. The normalized spacial score (nSPS) is 11.9. The van der Waals surface area contributed by atoms with Crippen LogP contribution in [0.3, 0.4) is 0 Å². The number of hydrogen-bond donors (Lipinski definition) is 0. The maximum Gasteiger partial charge on any atom is 0.333 e. The van der Waals surface area contributed by atoms with E-state index < -0.39 is 0 Å². The summed E-state index contributed by atoms with van der Waals surface area (Å²) < 4.78 is 8.22. The molecule has 20 heavy (non-hydrogen) atoms. The van der Waals surface area contributed by atoms with Gasteiger partial charge in [-0.15, -0.1) is 0 Å². The molecule has 0 saturated carbocycles. The zero-order valence-corrected chi connectivity index (χ0v) is 13.5. The van der Waals surface area contributed by atoms with Crippen molar-refractivity contribution in [2.45, 2.75) is 27.3 Å². The second-order valence-corrected chi connectivity index (χ2v) is 5.50. The largest absolute Gasteiger partial charge is 0.463 e. The molecule has 0 N–H and O–H groups in total. The van der Waals surface area contributed by atoms with Crippen LogP contribution in [0.15, 0.2) is 34.4 Å². The molecule has 1 heterocycles. The molecular weight excluding hydrogens is 318 g/mol. The van der Waals surface area contributed by atoms with Crippen molar-refractivity contribution in [1.29, 1.82) is 0 Å². The van der Waals surface area contributed by atoms with Gasteiger partial charge in [-0.2, -0.15) is 0 Å². The number of rotatable bonds is 4. The number of carbonyl (C=O) groups is 1. The molecule has 106 valence electrons. The monoisotopic (exact) mass is 335 g/mol. The van der Waals surface area contributed by atoms with Crippen molar-refractivity contribution in [3.8, 4) is 0 Å². The molecule has 3 nitrogen and oxygen atoms in total. The molecule has 1 aromatic heterocycles. The first-order valence-electron chi connectivity index (χ1n) is 6.70. The van der Waals surface area contributed by atoms with E-state index in [0.717, 1.165) is 22.0 Å². The van der Waals surface area contributed by atoms with Crippen LogP contribution in [-0.4, -0.2) is 17.1 Å². The van der Waals surface area contributed by atoms with Crippen LogP contribution in [-0.2, 0) is 16.1 Å². The molecule has 0 unspecified atom stereocenters. The lowest BCUT2D eigenvalue weighted by Gasteiger charge is -2.01. The lowest BCUT2D eigenvalue weighted by molar-refractivity contribution is -0.138. The minimum absolute atomic E-state index is 0.264. The number of halogens is 1. The highest BCUT2D eigenvalue weighted by molar-refractivity contribution is 9.10. The van der Waals surface area contributed by atoms with E-state index in [2.05, 4.69) is 45.8 Å². The quantitative estimate of drug-likeness (QED) is 0.612. The van der Waals surface area contributed by atoms with Crippen LogP contribution in [0.25, 0.3) is 17.0 Å². The Bertz CT molecular complexity index is 670. The fraction of sp³-hybridized carbons (Fsp3) is 0.312. The molecule has 2 aromatic rings. The third kappa shape index (κ3) is 2.96. The van der Waals surface area contributed by atoms with E-state index >= 15 is 0 Å². The van der Waals surface area contributed by atoms with Gasteiger partial charge in [0.2, 0.25) is 0 Å². The van der Waals surface area contributed by atoms with Crippen molar-refractivity contribution in [2.24, 2.45) is 0 Å². The Kier molecular flexibility index (Phi) is 4.65. The van der Waals surface area contributed by atoms with Gasteiger partial charge in [-0.25, -0.2) is 4.79 Å². The first-order valence-corrected chi connectivity index (χ1v) is 7.50. The van der Waals surface area contributed by atoms with E-state index in [1.807, 2.05) is 19.1 Å². The Morgan fingerprint density at radius 3 is 2.80 bits per heavy atom. The van der Waals surface area contributed by atoms with Crippen molar-refractivity contribution in [3.63, 3.8) is 0 Å². The summed E-state index contributed by atoms with van der Waals surface area (Å²) in [6.07, 6.45) is 3.96. The number of ether oxygens (including phenoxy) is 1. The third-order valence-corrected chi connectivity index (χ3v) is 3.68. The maximum atomic E-state index is 11.7. The molecule has 2 rings (SSSR count). The van der Waals surface area contributed by atoms with Gasteiger partial charge in [0, 0.05) is 39.3 Å². The van der Waals surface area contributed by atoms with Gasteiger partial charge in [-0.3, -0.25) is 0 Å². The van der Waals surface area contributed by atoms with Crippen molar-refractivity contribution in [3.05, 3.63) is 40.0 Å². The SMILES string of the molecule is CCOC(=O)C(C)=Cc1cn(CC)c2ccc(Br)cc12. The lowest BCUT2D eigenvalue weighted by Crippen LogP contribution is -2.04. The molecule has 0 amide bonds. The van der Waals surface area contributed by atoms with Gasteiger partial charge in [0.15, 0.2) is 0 Å². The lowest BCUT2D eigenvalue weighted by atomic mass is 10.1. The van der Waals surface area contributed by atoms with E-state index in [1.165, 1.54) is 5.52 Å². The average Bonchev–Trinajstić information content (AvgIpc) is 2.76. The number of aryl methyl sites for hydroxylation is 1. The molecule has 0 atom stereocenters. The Balaban J connectivity index is 2.51. The summed E-state index contributed by atoms with van der Waals surface area (Å²) in [6, 6.07) is 6.19. The number of nitrogens with zero attached hydrogens (tertiary/aromatic N) is 1. The van der Waals surface area contributed by atoms with Crippen molar-refractivity contribution in [1.82, 2.24) is 4.57 Å². The fourth-order valence-corrected chi connectivity index (χ4v) is 2.57. The smallest absolute Gasteiger partial charge is 0.333 e. The van der Waals surface area contributed by atoms with Gasteiger partial charge < -0.3 is 9.30 Å². The van der Waals surface area contributed by atoms with E-state index in [4.69, 9.17) is 4.74 Å². The minimum atomic E-state index is -0.264. The molecule has 0 aliphatic rings. The first-order chi connectivity index (χ1) is 9.56. The van der Waals surface area contributed by atoms with E-state index in [-0.39, 0.29) is 5.97 Å². The number of benzene rings is 1. The van der Waals surface area contributed by atoms with Crippen LogP contribution in [0.5, 0.6) is 0 Å². The van der Waals surface area contributed by atoms with Crippen LogP contribution < -0.4 is 0 Å². The molecule has 0 fully saturated rings. The third-order valence-electron chi connectivity index (χ3n) is 3.18. The van der Waals surface area contributed by atoms with Crippen molar-refractivity contribution >= 4 is 38.9 Å². The molecular formula is C16H18BrNO2. The topological polar surface area (TPSA) is 31.2 Å². The molecule has 0 saturated heterocycles. The highest BCUT2D eigenvalue weighted by atomic mass is 79.9.